The smallest absolute Gasteiger partial charge is 0.264 e. The molecule has 1 saturated heterocycles. The minimum Gasteiger partial charge on any atom is -0.294 e. The van der Waals surface area contributed by atoms with Crippen molar-refractivity contribution in [3.05, 3.63) is 28.2 Å². The summed E-state index contributed by atoms with van der Waals surface area (Å²) in [6.45, 7) is 3.97. The molecule has 0 spiro atoms. The molecule has 2 aliphatic heterocycles. The fraction of sp³-hybridized carbons (Fsp3) is 0.533. The number of nitrogens with zero attached hydrogens (tertiary/aromatic N) is 4. The molecule has 0 saturated carbocycles. The number of fused-ring (bicyclic) bond motifs is 1. The van der Waals surface area contributed by atoms with Gasteiger partial charge in [-0.3, -0.25) is 9.69 Å². The Morgan fingerprint density at radius 3 is 2.82 bits per heavy atom. The van der Waals surface area contributed by atoms with E-state index in [2.05, 4.69) is 32.5 Å². The number of carbonyl (C=O) groups is 1. The minimum atomic E-state index is -0.132. The summed E-state index contributed by atoms with van der Waals surface area (Å²) < 4.78 is 1.50. The van der Waals surface area contributed by atoms with Crippen molar-refractivity contribution in [1.29, 1.82) is 0 Å². The van der Waals surface area contributed by atoms with Crippen LogP contribution in [0.4, 0.5) is 0 Å². The topological polar surface area (TPSA) is 51.0 Å². The summed E-state index contributed by atoms with van der Waals surface area (Å²) in [5, 5.41) is 6.96. The number of thioether (sulfide) groups is 1. The third-order valence-corrected chi connectivity index (χ3v) is 6.40. The van der Waals surface area contributed by atoms with Crippen molar-refractivity contribution in [2.75, 3.05) is 13.1 Å². The van der Waals surface area contributed by atoms with Gasteiger partial charge in [-0.2, -0.15) is 4.68 Å². The van der Waals surface area contributed by atoms with Crippen LogP contribution >= 0.6 is 23.1 Å². The highest BCUT2D eigenvalue weighted by Gasteiger charge is 2.43. The van der Waals surface area contributed by atoms with Gasteiger partial charge in [-0.25, -0.2) is 4.98 Å². The third kappa shape index (κ3) is 2.41. The first-order valence-electron chi connectivity index (χ1n) is 7.66. The predicted molar refractivity (Wildman–Crippen MR) is 87.5 cm³/mol. The second-order valence-corrected chi connectivity index (χ2v) is 7.87. The van der Waals surface area contributed by atoms with E-state index >= 15 is 0 Å². The maximum Gasteiger partial charge on any atom is 0.264 e. The van der Waals surface area contributed by atoms with Gasteiger partial charge < -0.3 is 0 Å². The van der Waals surface area contributed by atoms with Crippen LogP contribution in [-0.4, -0.2) is 43.9 Å². The van der Waals surface area contributed by atoms with Gasteiger partial charge in [0.05, 0.1) is 6.04 Å². The highest BCUT2D eigenvalue weighted by atomic mass is 32.2. The molecule has 0 aliphatic carbocycles. The van der Waals surface area contributed by atoms with Crippen LogP contribution in [0.1, 0.15) is 40.8 Å². The van der Waals surface area contributed by atoms with E-state index in [1.54, 1.807) is 23.1 Å². The van der Waals surface area contributed by atoms with Crippen molar-refractivity contribution in [3.63, 3.8) is 0 Å². The molecule has 7 heteroatoms. The van der Waals surface area contributed by atoms with Gasteiger partial charge in [-0.05, 0) is 44.3 Å². The molecular weight excluding hydrogens is 316 g/mol. The lowest BCUT2D eigenvalue weighted by molar-refractivity contribution is 0.0821. The number of aryl methyl sites for hydroxylation is 1. The molecule has 116 valence electrons. The molecule has 2 atom stereocenters. The molecule has 2 unspecified atom stereocenters. The Morgan fingerprint density at radius 2 is 2.14 bits per heavy atom. The van der Waals surface area contributed by atoms with Crippen molar-refractivity contribution < 1.29 is 4.79 Å². The second kappa shape index (κ2) is 5.79. The fourth-order valence-electron chi connectivity index (χ4n) is 3.28. The van der Waals surface area contributed by atoms with Gasteiger partial charge in [-0.15, -0.1) is 16.4 Å². The standard InChI is InChI=1S/C15H18N4OS2/c1-10-16-15-19(17-10)14(20)13(22-15)12(11-6-5-9-21-11)18-7-3-2-4-8-18/h5-6,9,12-13H,2-4,7-8H2,1H3. The summed E-state index contributed by atoms with van der Waals surface area (Å²) in [4.78, 5) is 20.9. The van der Waals surface area contributed by atoms with Gasteiger partial charge in [0.25, 0.3) is 5.91 Å². The van der Waals surface area contributed by atoms with Crippen molar-refractivity contribution in [2.24, 2.45) is 0 Å². The zero-order valence-electron chi connectivity index (χ0n) is 12.4. The lowest BCUT2D eigenvalue weighted by Crippen LogP contribution is -2.41. The largest absolute Gasteiger partial charge is 0.294 e. The molecule has 1 fully saturated rings. The summed E-state index contributed by atoms with van der Waals surface area (Å²) in [6, 6.07) is 4.36. The van der Waals surface area contributed by atoms with Crippen LogP contribution < -0.4 is 0 Å². The number of thiophene rings is 1. The van der Waals surface area contributed by atoms with E-state index in [1.165, 1.54) is 28.8 Å². The number of rotatable bonds is 3. The second-order valence-electron chi connectivity index (χ2n) is 5.79. The van der Waals surface area contributed by atoms with Gasteiger partial charge in [0.15, 0.2) is 5.16 Å². The fourth-order valence-corrected chi connectivity index (χ4v) is 5.55. The van der Waals surface area contributed by atoms with Crippen LogP contribution in [0, 0.1) is 6.92 Å². The van der Waals surface area contributed by atoms with Crippen LogP contribution in [0.15, 0.2) is 22.7 Å². The highest BCUT2D eigenvalue weighted by molar-refractivity contribution is 8.01. The third-order valence-electron chi connectivity index (χ3n) is 4.27. The Hall–Kier alpha value is -1.18. The summed E-state index contributed by atoms with van der Waals surface area (Å²) in [5.74, 6) is 0.740. The Balaban J connectivity index is 1.67. The first kappa shape index (κ1) is 14.4. The zero-order chi connectivity index (χ0) is 15.1. The van der Waals surface area contributed by atoms with Crippen LogP contribution in [0.5, 0.6) is 0 Å². The van der Waals surface area contributed by atoms with E-state index in [9.17, 15) is 4.79 Å². The Morgan fingerprint density at radius 1 is 1.32 bits per heavy atom. The van der Waals surface area contributed by atoms with E-state index in [0.29, 0.717) is 5.82 Å². The van der Waals surface area contributed by atoms with Crippen LogP contribution in [0.2, 0.25) is 0 Å². The molecule has 5 nitrogen and oxygen atoms in total. The summed E-state index contributed by atoms with van der Waals surface area (Å²) in [7, 11) is 0. The van der Waals surface area contributed by atoms with E-state index in [4.69, 9.17) is 0 Å². The number of carbonyl (C=O) groups excluding carboxylic acids is 1. The summed E-state index contributed by atoms with van der Waals surface area (Å²) in [5.41, 5.74) is 0. The Labute approximate surface area is 137 Å². The van der Waals surface area contributed by atoms with Crippen LogP contribution in [0.25, 0.3) is 0 Å². The van der Waals surface area contributed by atoms with Crippen molar-refractivity contribution in [2.45, 2.75) is 42.6 Å². The van der Waals surface area contributed by atoms with Crippen LogP contribution in [0.3, 0.4) is 0 Å². The first-order valence-corrected chi connectivity index (χ1v) is 9.42. The van der Waals surface area contributed by atoms with Crippen molar-refractivity contribution >= 4 is 29.0 Å². The van der Waals surface area contributed by atoms with E-state index < -0.39 is 0 Å². The van der Waals surface area contributed by atoms with Gasteiger partial charge in [-0.1, -0.05) is 24.2 Å². The predicted octanol–water partition coefficient (Wildman–Crippen LogP) is 2.99. The monoisotopic (exact) mass is 334 g/mol. The molecule has 2 aromatic heterocycles. The van der Waals surface area contributed by atoms with Gasteiger partial charge in [0.1, 0.15) is 11.1 Å². The zero-order valence-corrected chi connectivity index (χ0v) is 14.1. The quantitative estimate of drug-likeness (QED) is 0.864. The molecule has 4 heterocycles. The molecule has 4 rings (SSSR count). The highest BCUT2D eigenvalue weighted by Crippen LogP contribution is 2.42. The first-order chi connectivity index (χ1) is 10.7. The lowest BCUT2D eigenvalue weighted by atomic mass is 10.0. The normalized spacial score (nSPS) is 23.7. The van der Waals surface area contributed by atoms with Crippen molar-refractivity contribution in [1.82, 2.24) is 19.7 Å². The lowest BCUT2D eigenvalue weighted by Gasteiger charge is -2.36. The molecule has 0 N–H and O–H groups in total. The van der Waals surface area contributed by atoms with Gasteiger partial charge in [0.2, 0.25) is 0 Å². The molecule has 2 aliphatic rings. The number of piperidine rings is 1. The molecular formula is C15H18N4OS2. The van der Waals surface area contributed by atoms with E-state index in [0.717, 1.165) is 18.2 Å². The molecule has 0 amide bonds. The van der Waals surface area contributed by atoms with Gasteiger partial charge >= 0.3 is 0 Å². The SMILES string of the molecule is Cc1nc2n(n1)C(=O)C(C(c1cccs1)N1CCCCC1)S2. The Kier molecular flexibility index (Phi) is 3.79. The average molecular weight is 334 g/mol. The van der Waals surface area contributed by atoms with Crippen molar-refractivity contribution in [3.8, 4) is 0 Å². The molecule has 0 bridgehead atoms. The van der Waals surface area contributed by atoms with E-state index in [-0.39, 0.29) is 17.2 Å². The Bertz CT molecular complexity index is 676. The maximum absolute atomic E-state index is 12.8. The summed E-state index contributed by atoms with van der Waals surface area (Å²) >= 11 is 3.31. The van der Waals surface area contributed by atoms with Crippen LogP contribution in [-0.2, 0) is 0 Å². The van der Waals surface area contributed by atoms with E-state index in [1.807, 2.05) is 6.92 Å². The maximum atomic E-state index is 12.8. The number of aromatic nitrogens is 3. The summed E-state index contributed by atoms with van der Waals surface area (Å²) in [6.07, 6.45) is 3.73. The molecule has 0 aromatic carbocycles. The minimum absolute atomic E-state index is 0.0737. The average Bonchev–Trinajstić information content (AvgIpc) is 3.22. The number of hydrogen-bond donors (Lipinski definition) is 0. The van der Waals surface area contributed by atoms with Gasteiger partial charge in [0, 0.05) is 4.88 Å². The molecule has 0 radical (unpaired) electrons. The molecule has 22 heavy (non-hydrogen) atoms. The number of likely N-dealkylation sites (tertiary alicyclic amines) is 1. The molecule has 2 aromatic rings. The number of hydrogen-bond acceptors (Lipinski definition) is 6.